The molecule has 0 aliphatic carbocycles. The third-order valence-electron chi connectivity index (χ3n) is 2.32. The number of esters is 1. The molecule has 0 atom stereocenters. The first-order valence-corrected chi connectivity index (χ1v) is 5.89. The van der Waals surface area contributed by atoms with Gasteiger partial charge in [-0.15, -0.1) is 0 Å². The van der Waals surface area contributed by atoms with Crippen LogP contribution in [0.15, 0.2) is 24.3 Å². The standard InChI is InChI=1S/C14H19NO4/c1-14(2,3)19-13(17)15(4)11-8-6-7-10(9-11)12(16)18-5/h6-9H,1-5H3. The van der Waals surface area contributed by atoms with E-state index in [2.05, 4.69) is 4.74 Å². The average Bonchev–Trinajstić information content (AvgIpc) is 2.35. The Hall–Kier alpha value is -2.04. The van der Waals surface area contributed by atoms with Gasteiger partial charge in [-0.3, -0.25) is 4.90 Å². The Kier molecular flexibility index (Phi) is 4.53. The van der Waals surface area contributed by atoms with E-state index in [-0.39, 0.29) is 0 Å². The molecule has 0 unspecified atom stereocenters. The Labute approximate surface area is 113 Å². The molecule has 0 N–H and O–H groups in total. The summed E-state index contributed by atoms with van der Waals surface area (Å²) in [6.07, 6.45) is -0.477. The van der Waals surface area contributed by atoms with Crippen LogP contribution in [-0.4, -0.2) is 31.8 Å². The molecule has 104 valence electrons. The van der Waals surface area contributed by atoms with Crippen molar-refractivity contribution in [1.29, 1.82) is 0 Å². The second-order valence-corrected chi connectivity index (χ2v) is 5.08. The molecule has 1 aromatic carbocycles. The molecule has 1 rings (SSSR count). The average molecular weight is 265 g/mol. The van der Waals surface area contributed by atoms with Gasteiger partial charge < -0.3 is 9.47 Å². The lowest BCUT2D eigenvalue weighted by atomic mass is 10.2. The lowest BCUT2D eigenvalue weighted by Crippen LogP contribution is -2.34. The normalized spacial score (nSPS) is 10.8. The number of rotatable bonds is 2. The number of amides is 1. The van der Waals surface area contributed by atoms with Gasteiger partial charge in [0.1, 0.15) is 5.60 Å². The highest BCUT2D eigenvalue weighted by atomic mass is 16.6. The Bertz CT molecular complexity index is 477. The van der Waals surface area contributed by atoms with Crippen LogP contribution in [0.3, 0.4) is 0 Å². The zero-order valence-corrected chi connectivity index (χ0v) is 11.9. The van der Waals surface area contributed by atoms with E-state index in [0.29, 0.717) is 11.3 Å². The van der Waals surface area contributed by atoms with E-state index in [1.54, 1.807) is 52.1 Å². The summed E-state index contributed by atoms with van der Waals surface area (Å²) in [5.41, 5.74) is 0.387. The van der Waals surface area contributed by atoms with E-state index in [0.717, 1.165) is 0 Å². The molecule has 5 heteroatoms. The molecular weight excluding hydrogens is 246 g/mol. The van der Waals surface area contributed by atoms with Crippen LogP contribution in [0.2, 0.25) is 0 Å². The van der Waals surface area contributed by atoms with Gasteiger partial charge in [-0.05, 0) is 39.0 Å². The first-order valence-electron chi connectivity index (χ1n) is 5.89. The predicted octanol–water partition coefficient (Wildman–Crippen LogP) is 2.84. The molecule has 0 aliphatic rings. The lowest BCUT2D eigenvalue weighted by molar-refractivity contribution is 0.0580. The van der Waals surface area contributed by atoms with Crippen molar-refractivity contribution in [1.82, 2.24) is 0 Å². The number of anilines is 1. The SMILES string of the molecule is COC(=O)c1cccc(N(C)C(=O)OC(C)(C)C)c1. The van der Waals surface area contributed by atoms with Gasteiger partial charge in [0.05, 0.1) is 12.7 Å². The Morgan fingerprint density at radius 1 is 1.21 bits per heavy atom. The van der Waals surface area contributed by atoms with Crippen LogP contribution < -0.4 is 4.90 Å². The summed E-state index contributed by atoms with van der Waals surface area (Å²) in [7, 11) is 2.90. The third kappa shape index (κ3) is 4.28. The van der Waals surface area contributed by atoms with Crippen molar-refractivity contribution in [3.05, 3.63) is 29.8 Å². The molecule has 0 bridgehead atoms. The first-order chi connectivity index (χ1) is 8.74. The minimum Gasteiger partial charge on any atom is -0.465 e. The van der Waals surface area contributed by atoms with E-state index < -0.39 is 17.7 Å². The summed E-state index contributed by atoms with van der Waals surface area (Å²) < 4.78 is 9.89. The fourth-order valence-electron chi connectivity index (χ4n) is 1.40. The van der Waals surface area contributed by atoms with Crippen LogP contribution in [0.5, 0.6) is 0 Å². The molecule has 0 saturated heterocycles. The van der Waals surface area contributed by atoms with E-state index in [4.69, 9.17) is 4.74 Å². The van der Waals surface area contributed by atoms with E-state index in [9.17, 15) is 9.59 Å². The highest BCUT2D eigenvalue weighted by Gasteiger charge is 2.21. The maximum absolute atomic E-state index is 11.9. The minimum atomic E-state index is -0.564. The zero-order valence-electron chi connectivity index (χ0n) is 11.9. The maximum atomic E-state index is 11.9. The molecular formula is C14H19NO4. The van der Waals surface area contributed by atoms with E-state index >= 15 is 0 Å². The smallest absolute Gasteiger partial charge is 0.414 e. The summed E-state index contributed by atoms with van der Waals surface area (Å²) in [5.74, 6) is -0.445. The number of carbonyl (C=O) groups excluding carboxylic acids is 2. The minimum absolute atomic E-state index is 0.385. The van der Waals surface area contributed by atoms with Crippen molar-refractivity contribution in [2.24, 2.45) is 0 Å². The molecule has 5 nitrogen and oxygen atoms in total. The summed E-state index contributed by atoms with van der Waals surface area (Å²) in [4.78, 5) is 24.7. The summed E-state index contributed by atoms with van der Waals surface area (Å²) in [6, 6.07) is 6.60. The molecule has 1 aromatic rings. The fourth-order valence-corrected chi connectivity index (χ4v) is 1.40. The van der Waals surface area contributed by atoms with Gasteiger partial charge in [0.15, 0.2) is 0 Å². The van der Waals surface area contributed by atoms with Gasteiger partial charge in [-0.25, -0.2) is 9.59 Å². The number of carbonyl (C=O) groups is 2. The van der Waals surface area contributed by atoms with E-state index in [1.807, 2.05) is 0 Å². The molecule has 1 amide bonds. The molecule has 0 radical (unpaired) electrons. The molecule has 19 heavy (non-hydrogen) atoms. The fraction of sp³-hybridized carbons (Fsp3) is 0.429. The number of ether oxygens (including phenoxy) is 2. The van der Waals surface area contributed by atoms with Gasteiger partial charge in [-0.2, -0.15) is 0 Å². The second-order valence-electron chi connectivity index (χ2n) is 5.08. The van der Waals surface area contributed by atoms with Crippen molar-refractivity contribution in [2.75, 3.05) is 19.1 Å². The van der Waals surface area contributed by atoms with Crippen molar-refractivity contribution in [2.45, 2.75) is 26.4 Å². The Balaban J connectivity index is 2.91. The summed E-state index contributed by atoms with van der Waals surface area (Å²) in [6.45, 7) is 5.39. The number of nitrogens with zero attached hydrogens (tertiary/aromatic N) is 1. The van der Waals surface area contributed by atoms with Crippen LogP contribution in [0.25, 0.3) is 0 Å². The van der Waals surface area contributed by atoms with Crippen molar-refractivity contribution < 1.29 is 19.1 Å². The number of hydrogen-bond acceptors (Lipinski definition) is 4. The number of benzene rings is 1. The van der Waals surface area contributed by atoms with Gasteiger partial charge >= 0.3 is 12.1 Å². The molecule has 0 aromatic heterocycles. The van der Waals surface area contributed by atoms with Crippen LogP contribution in [0, 0.1) is 0 Å². The van der Waals surface area contributed by atoms with E-state index in [1.165, 1.54) is 12.0 Å². The van der Waals surface area contributed by atoms with Crippen molar-refractivity contribution >= 4 is 17.7 Å². The quantitative estimate of drug-likeness (QED) is 0.771. The molecule has 0 saturated carbocycles. The first kappa shape index (κ1) is 15.0. The van der Waals surface area contributed by atoms with Gasteiger partial charge in [0.25, 0.3) is 0 Å². The second kappa shape index (κ2) is 5.73. The molecule has 0 aliphatic heterocycles. The van der Waals surface area contributed by atoms with Gasteiger partial charge in [0, 0.05) is 12.7 Å². The molecule has 0 spiro atoms. The topological polar surface area (TPSA) is 55.8 Å². The highest BCUT2D eigenvalue weighted by molar-refractivity contribution is 5.93. The van der Waals surface area contributed by atoms with Crippen LogP contribution in [0.4, 0.5) is 10.5 Å². The monoisotopic (exact) mass is 265 g/mol. The predicted molar refractivity (Wildman–Crippen MR) is 72.4 cm³/mol. The summed E-state index contributed by atoms with van der Waals surface area (Å²) in [5, 5.41) is 0. The lowest BCUT2D eigenvalue weighted by Gasteiger charge is -2.24. The summed E-state index contributed by atoms with van der Waals surface area (Å²) >= 11 is 0. The molecule has 0 heterocycles. The van der Waals surface area contributed by atoms with Crippen molar-refractivity contribution in [3.8, 4) is 0 Å². The van der Waals surface area contributed by atoms with Gasteiger partial charge in [-0.1, -0.05) is 6.07 Å². The molecule has 0 fully saturated rings. The number of hydrogen-bond donors (Lipinski definition) is 0. The number of methoxy groups -OCH3 is 1. The zero-order chi connectivity index (χ0) is 14.6. The Morgan fingerprint density at radius 3 is 2.37 bits per heavy atom. The third-order valence-corrected chi connectivity index (χ3v) is 2.32. The maximum Gasteiger partial charge on any atom is 0.414 e. The van der Waals surface area contributed by atoms with Gasteiger partial charge in [0.2, 0.25) is 0 Å². The van der Waals surface area contributed by atoms with Crippen molar-refractivity contribution in [3.63, 3.8) is 0 Å². The Morgan fingerprint density at radius 2 is 1.84 bits per heavy atom. The largest absolute Gasteiger partial charge is 0.465 e. The highest BCUT2D eigenvalue weighted by Crippen LogP contribution is 2.18. The van der Waals surface area contributed by atoms with Crippen LogP contribution in [-0.2, 0) is 9.47 Å². The van der Waals surface area contributed by atoms with Crippen LogP contribution in [0.1, 0.15) is 31.1 Å². The van der Waals surface area contributed by atoms with Crippen LogP contribution >= 0.6 is 0 Å².